The van der Waals surface area contributed by atoms with E-state index in [4.69, 9.17) is 0 Å². The van der Waals surface area contributed by atoms with Crippen LogP contribution < -0.4 is 0 Å². The molecule has 2 fully saturated rings. The Kier molecular flexibility index (Phi) is 2.97. The summed E-state index contributed by atoms with van der Waals surface area (Å²) < 4.78 is 0. The molecule has 2 aliphatic rings. The summed E-state index contributed by atoms with van der Waals surface area (Å²) in [7, 11) is 0. The predicted molar refractivity (Wildman–Crippen MR) is 75.8 cm³/mol. The first-order chi connectivity index (χ1) is 7.74. The second-order valence-corrected chi connectivity index (χ2v) is 7.64. The van der Waals surface area contributed by atoms with Crippen LogP contribution in [0.15, 0.2) is 12.1 Å². The third-order valence-electron chi connectivity index (χ3n) is 3.57. The summed E-state index contributed by atoms with van der Waals surface area (Å²) in [6, 6.07) is 4.61. The van der Waals surface area contributed by atoms with Crippen molar-refractivity contribution in [2.75, 3.05) is 11.5 Å². The minimum atomic E-state index is 0.922. The molecule has 2 aliphatic heterocycles. The zero-order valence-electron chi connectivity index (χ0n) is 9.95. The van der Waals surface area contributed by atoms with Gasteiger partial charge in [-0.05, 0) is 48.9 Å². The summed E-state index contributed by atoms with van der Waals surface area (Å²) in [6.07, 6.45) is 2.62. The molecule has 86 valence electrons. The van der Waals surface area contributed by atoms with E-state index < -0.39 is 0 Å². The molecule has 0 N–H and O–H groups in total. The second-order valence-electron chi connectivity index (χ2n) is 4.98. The van der Waals surface area contributed by atoms with Gasteiger partial charge in [-0.1, -0.05) is 12.1 Å². The Balaban J connectivity index is 1.92. The minimum Gasteiger partial charge on any atom is -0.156 e. The van der Waals surface area contributed by atoms with Crippen LogP contribution in [0.2, 0.25) is 0 Å². The molecule has 0 radical (unpaired) electrons. The zero-order valence-corrected chi connectivity index (χ0v) is 11.6. The molecule has 0 spiro atoms. The average molecular weight is 250 g/mol. The number of aryl methyl sites for hydroxylation is 2. The first kappa shape index (κ1) is 11.0. The van der Waals surface area contributed by atoms with Gasteiger partial charge in [-0.25, -0.2) is 0 Å². The molecule has 0 nitrogen and oxygen atoms in total. The van der Waals surface area contributed by atoms with Gasteiger partial charge in [0.25, 0.3) is 0 Å². The highest BCUT2D eigenvalue weighted by Crippen LogP contribution is 2.38. The van der Waals surface area contributed by atoms with E-state index in [-0.39, 0.29) is 0 Å². The van der Waals surface area contributed by atoms with Gasteiger partial charge in [-0.2, -0.15) is 23.5 Å². The van der Waals surface area contributed by atoms with Gasteiger partial charge in [0.15, 0.2) is 0 Å². The summed E-state index contributed by atoms with van der Waals surface area (Å²) in [5, 5.41) is 1.84. The van der Waals surface area contributed by atoms with Crippen molar-refractivity contribution in [3.05, 3.63) is 34.4 Å². The predicted octanol–water partition coefficient (Wildman–Crippen LogP) is 3.62. The first-order valence-electron chi connectivity index (χ1n) is 6.05. The van der Waals surface area contributed by atoms with Crippen molar-refractivity contribution in [3.63, 3.8) is 0 Å². The molecule has 2 atom stereocenters. The summed E-state index contributed by atoms with van der Waals surface area (Å²) in [6.45, 7) is 4.57. The molecule has 0 aliphatic carbocycles. The molecule has 0 amide bonds. The molecule has 0 saturated carbocycles. The van der Waals surface area contributed by atoms with Crippen LogP contribution in [0.1, 0.15) is 22.3 Å². The van der Waals surface area contributed by atoms with E-state index in [0.29, 0.717) is 0 Å². The summed E-state index contributed by atoms with van der Waals surface area (Å²) in [5.74, 6) is 2.76. The van der Waals surface area contributed by atoms with E-state index in [2.05, 4.69) is 49.5 Å². The van der Waals surface area contributed by atoms with Gasteiger partial charge in [0.1, 0.15) is 0 Å². The van der Waals surface area contributed by atoms with Crippen molar-refractivity contribution >= 4 is 23.5 Å². The molecule has 2 unspecified atom stereocenters. The molecule has 0 aromatic heterocycles. The van der Waals surface area contributed by atoms with Crippen molar-refractivity contribution in [3.8, 4) is 0 Å². The molecule has 1 aromatic rings. The largest absolute Gasteiger partial charge is 0.156 e. The van der Waals surface area contributed by atoms with Gasteiger partial charge in [-0.3, -0.25) is 0 Å². The van der Waals surface area contributed by atoms with Crippen LogP contribution in [0, 0.1) is 13.8 Å². The molecule has 0 bridgehead atoms. The normalized spacial score (nSPS) is 26.9. The summed E-state index contributed by atoms with van der Waals surface area (Å²) >= 11 is 4.23. The smallest absolute Gasteiger partial charge is 0.0179 e. The number of thioether (sulfide) groups is 2. The second kappa shape index (κ2) is 4.30. The Morgan fingerprint density at radius 1 is 0.938 bits per heavy atom. The highest BCUT2D eigenvalue weighted by Gasteiger charge is 2.28. The van der Waals surface area contributed by atoms with Gasteiger partial charge in [-0.15, -0.1) is 0 Å². The quantitative estimate of drug-likeness (QED) is 0.749. The number of rotatable bonds is 4. The van der Waals surface area contributed by atoms with Crippen LogP contribution in [0.25, 0.3) is 0 Å². The molecular weight excluding hydrogens is 232 g/mol. The fourth-order valence-electron chi connectivity index (χ4n) is 2.32. The highest BCUT2D eigenvalue weighted by atomic mass is 32.2. The van der Waals surface area contributed by atoms with Crippen LogP contribution in [0.3, 0.4) is 0 Å². The van der Waals surface area contributed by atoms with Crippen LogP contribution in [-0.4, -0.2) is 22.0 Å². The zero-order chi connectivity index (χ0) is 11.1. The van der Waals surface area contributed by atoms with Crippen molar-refractivity contribution < 1.29 is 0 Å². The lowest BCUT2D eigenvalue weighted by Crippen LogP contribution is -2.06. The Morgan fingerprint density at radius 3 is 1.62 bits per heavy atom. The average Bonchev–Trinajstić information content (AvgIpc) is 3.10. The maximum Gasteiger partial charge on any atom is 0.0179 e. The SMILES string of the molecule is Cc1ccc(C)c(CC2CS2)c1CC1CS1. The van der Waals surface area contributed by atoms with E-state index in [1.54, 1.807) is 11.1 Å². The lowest BCUT2D eigenvalue weighted by Gasteiger charge is -2.14. The molecule has 3 rings (SSSR count). The number of benzene rings is 1. The molecule has 2 heteroatoms. The Labute approximate surface area is 107 Å². The van der Waals surface area contributed by atoms with Gasteiger partial charge in [0, 0.05) is 22.0 Å². The Morgan fingerprint density at radius 2 is 1.31 bits per heavy atom. The van der Waals surface area contributed by atoms with E-state index >= 15 is 0 Å². The van der Waals surface area contributed by atoms with Crippen LogP contribution in [0.5, 0.6) is 0 Å². The Bertz CT molecular complexity index is 364. The Hall–Kier alpha value is -0.0800. The van der Waals surface area contributed by atoms with Gasteiger partial charge in [0.05, 0.1) is 0 Å². The fourth-order valence-corrected chi connectivity index (χ4v) is 3.40. The molecular formula is C14H18S2. The topological polar surface area (TPSA) is 0 Å². The van der Waals surface area contributed by atoms with Gasteiger partial charge >= 0.3 is 0 Å². The van der Waals surface area contributed by atoms with E-state index in [9.17, 15) is 0 Å². The van der Waals surface area contributed by atoms with Crippen molar-refractivity contribution in [1.29, 1.82) is 0 Å². The highest BCUT2D eigenvalue weighted by molar-refractivity contribution is 8.07. The van der Waals surface area contributed by atoms with Crippen molar-refractivity contribution in [1.82, 2.24) is 0 Å². The van der Waals surface area contributed by atoms with Crippen molar-refractivity contribution in [2.45, 2.75) is 37.2 Å². The number of hydrogen-bond acceptors (Lipinski definition) is 2. The molecule has 16 heavy (non-hydrogen) atoms. The maximum atomic E-state index is 2.31. The van der Waals surface area contributed by atoms with Gasteiger partial charge in [0.2, 0.25) is 0 Å². The third kappa shape index (κ3) is 2.43. The van der Waals surface area contributed by atoms with Gasteiger partial charge < -0.3 is 0 Å². The van der Waals surface area contributed by atoms with Crippen LogP contribution in [0.4, 0.5) is 0 Å². The number of hydrogen-bond donors (Lipinski definition) is 0. The third-order valence-corrected chi connectivity index (χ3v) is 5.51. The van der Waals surface area contributed by atoms with Crippen molar-refractivity contribution in [2.24, 2.45) is 0 Å². The standard InChI is InChI=1S/C14H18S2/c1-9-3-4-10(2)14(6-12-8-16-12)13(9)5-11-7-15-11/h3-4,11-12H,5-8H2,1-2H3. The van der Waals surface area contributed by atoms with E-state index in [1.807, 2.05) is 0 Å². The first-order valence-corrected chi connectivity index (χ1v) is 8.15. The molecule has 2 heterocycles. The van der Waals surface area contributed by atoms with E-state index in [0.717, 1.165) is 10.5 Å². The maximum absolute atomic E-state index is 2.31. The monoisotopic (exact) mass is 250 g/mol. The molecule has 2 saturated heterocycles. The van der Waals surface area contributed by atoms with E-state index in [1.165, 1.54) is 35.5 Å². The lowest BCUT2D eigenvalue weighted by atomic mass is 9.91. The summed E-state index contributed by atoms with van der Waals surface area (Å²) in [4.78, 5) is 0. The fraction of sp³-hybridized carbons (Fsp3) is 0.571. The lowest BCUT2D eigenvalue weighted by molar-refractivity contribution is 0.924. The molecule has 1 aromatic carbocycles. The summed E-state index contributed by atoms with van der Waals surface area (Å²) in [5.41, 5.74) is 6.36. The minimum absolute atomic E-state index is 0.922. The van der Waals surface area contributed by atoms with Crippen LogP contribution in [-0.2, 0) is 12.8 Å². The van der Waals surface area contributed by atoms with Crippen LogP contribution >= 0.6 is 23.5 Å².